The minimum absolute atomic E-state index is 0.0475. The molecule has 0 spiro atoms. The van der Waals surface area contributed by atoms with Gasteiger partial charge in [-0.2, -0.15) is 11.3 Å². The summed E-state index contributed by atoms with van der Waals surface area (Å²) in [6, 6.07) is 1.91. The predicted molar refractivity (Wildman–Crippen MR) is 69.9 cm³/mol. The largest absolute Gasteiger partial charge is 0.481 e. The Labute approximate surface area is 110 Å². The Morgan fingerprint density at radius 1 is 1.44 bits per heavy atom. The summed E-state index contributed by atoms with van der Waals surface area (Å²) in [7, 11) is 0. The molecule has 1 N–H and O–H groups in total. The van der Waals surface area contributed by atoms with Crippen LogP contribution < -0.4 is 0 Å². The van der Waals surface area contributed by atoms with Crippen LogP contribution >= 0.6 is 11.3 Å². The van der Waals surface area contributed by atoms with Gasteiger partial charge in [0, 0.05) is 24.4 Å². The van der Waals surface area contributed by atoms with Crippen LogP contribution in [0.2, 0.25) is 0 Å². The van der Waals surface area contributed by atoms with Crippen LogP contribution in [0.1, 0.15) is 42.5 Å². The van der Waals surface area contributed by atoms with Crippen LogP contribution in [0.5, 0.6) is 0 Å². The molecule has 2 rings (SSSR count). The van der Waals surface area contributed by atoms with E-state index in [4.69, 9.17) is 5.11 Å². The summed E-state index contributed by atoms with van der Waals surface area (Å²) < 4.78 is 0. The maximum atomic E-state index is 12.3. The van der Waals surface area contributed by atoms with Gasteiger partial charge in [-0.05, 0) is 37.1 Å². The highest BCUT2D eigenvalue weighted by molar-refractivity contribution is 7.08. The zero-order valence-corrected chi connectivity index (χ0v) is 11.0. The maximum Gasteiger partial charge on any atom is 0.303 e. The molecule has 0 aromatic carbocycles. The summed E-state index contributed by atoms with van der Waals surface area (Å²) in [6.45, 7) is 0.749. The lowest BCUT2D eigenvalue weighted by Crippen LogP contribution is -2.43. The molecular weight excluding hydrogens is 250 g/mol. The van der Waals surface area contributed by atoms with E-state index in [1.54, 1.807) is 0 Å². The average Bonchev–Trinajstić information content (AvgIpc) is 2.89. The highest BCUT2D eigenvalue weighted by Gasteiger charge is 2.27. The van der Waals surface area contributed by atoms with E-state index in [-0.39, 0.29) is 18.4 Å². The molecule has 0 bridgehead atoms. The number of thiophene rings is 1. The number of rotatable bonds is 4. The van der Waals surface area contributed by atoms with Crippen molar-refractivity contribution in [1.29, 1.82) is 0 Å². The Hall–Kier alpha value is -1.36. The number of likely N-dealkylation sites (tertiary alicyclic amines) is 1. The number of nitrogens with zero attached hydrogens (tertiary/aromatic N) is 1. The Morgan fingerprint density at radius 2 is 2.28 bits per heavy atom. The number of carboxylic acid groups (broad SMARTS) is 1. The molecular formula is C13H17NO3S. The van der Waals surface area contributed by atoms with Crippen molar-refractivity contribution < 1.29 is 14.7 Å². The van der Waals surface area contributed by atoms with Crippen molar-refractivity contribution in [2.45, 2.75) is 38.1 Å². The van der Waals surface area contributed by atoms with E-state index < -0.39 is 5.97 Å². The van der Waals surface area contributed by atoms with E-state index in [1.807, 2.05) is 21.7 Å². The number of carbonyl (C=O) groups excluding carboxylic acids is 1. The van der Waals surface area contributed by atoms with E-state index in [2.05, 4.69) is 0 Å². The molecule has 2 heterocycles. The maximum absolute atomic E-state index is 12.3. The Kier molecular flexibility index (Phi) is 4.36. The molecule has 1 saturated heterocycles. The summed E-state index contributed by atoms with van der Waals surface area (Å²) in [5, 5.41) is 12.5. The predicted octanol–water partition coefficient (Wildman–Crippen LogP) is 2.61. The monoisotopic (exact) mass is 267 g/mol. The van der Waals surface area contributed by atoms with Crippen LogP contribution in [0.25, 0.3) is 0 Å². The van der Waals surface area contributed by atoms with Crippen molar-refractivity contribution in [3.05, 3.63) is 22.4 Å². The minimum Gasteiger partial charge on any atom is -0.481 e. The first-order valence-corrected chi connectivity index (χ1v) is 7.17. The number of hydrogen-bond donors (Lipinski definition) is 1. The lowest BCUT2D eigenvalue weighted by molar-refractivity contribution is -0.137. The quantitative estimate of drug-likeness (QED) is 0.912. The lowest BCUT2D eigenvalue weighted by atomic mass is 9.97. The van der Waals surface area contributed by atoms with E-state index in [0.29, 0.717) is 6.42 Å². The van der Waals surface area contributed by atoms with Gasteiger partial charge in [0.15, 0.2) is 0 Å². The number of piperidine rings is 1. The van der Waals surface area contributed by atoms with Gasteiger partial charge in [0.05, 0.1) is 5.56 Å². The van der Waals surface area contributed by atoms with Crippen LogP contribution in [0, 0.1) is 0 Å². The fraction of sp³-hybridized carbons (Fsp3) is 0.538. The van der Waals surface area contributed by atoms with Crippen LogP contribution in [0.15, 0.2) is 16.8 Å². The molecule has 1 aromatic heterocycles. The summed E-state index contributed by atoms with van der Waals surface area (Å²) in [5.41, 5.74) is 0.724. The zero-order chi connectivity index (χ0) is 13.0. The first-order chi connectivity index (χ1) is 8.68. The Bertz CT molecular complexity index is 416. The van der Waals surface area contributed by atoms with Crippen LogP contribution in [-0.4, -0.2) is 34.5 Å². The summed E-state index contributed by atoms with van der Waals surface area (Å²) in [6.07, 6.45) is 3.71. The second-order valence-electron chi connectivity index (χ2n) is 4.59. The zero-order valence-electron chi connectivity index (χ0n) is 10.2. The van der Waals surface area contributed by atoms with Gasteiger partial charge in [-0.25, -0.2) is 0 Å². The van der Waals surface area contributed by atoms with Crippen molar-refractivity contribution in [2.24, 2.45) is 0 Å². The van der Waals surface area contributed by atoms with Crippen molar-refractivity contribution in [3.8, 4) is 0 Å². The molecule has 5 heteroatoms. The molecule has 1 aliphatic rings. The second kappa shape index (κ2) is 6.00. The van der Waals surface area contributed by atoms with Gasteiger partial charge in [0.2, 0.25) is 0 Å². The van der Waals surface area contributed by atoms with Crippen molar-refractivity contribution >= 4 is 23.2 Å². The standard InChI is InChI=1S/C13H17NO3S/c15-12(16)5-4-11-3-1-2-7-14(11)13(17)10-6-8-18-9-10/h6,8-9,11H,1-5,7H2,(H,15,16)/t11-/m1/s1. The van der Waals surface area contributed by atoms with E-state index in [1.165, 1.54) is 11.3 Å². The molecule has 0 aliphatic carbocycles. The van der Waals surface area contributed by atoms with Gasteiger partial charge < -0.3 is 10.0 Å². The molecule has 1 fully saturated rings. The van der Waals surface area contributed by atoms with Gasteiger partial charge in [-0.3, -0.25) is 9.59 Å². The second-order valence-corrected chi connectivity index (χ2v) is 5.37. The summed E-state index contributed by atoms with van der Waals surface area (Å²) >= 11 is 1.51. The molecule has 0 unspecified atom stereocenters. The number of amides is 1. The lowest BCUT2D eigenvalue weighted by Gasteiger charge is -2.35. The molecule has 18 heavy (non-hydrogen) atoms. The Balaban J connectivity index is 2.03. The number of aliphatic carboxylic acids is 1. The molecule has 1 aliphatic heterocycles. The smallest absolute Gasteiger partial charge is 0.303 e. The van der Waals surface area contributed by atoms with Gasteiger partial charge in [0.25, 0.3) is 5.91 Å². The van der Waals surface area contributed by atoms with E-state index in [0.717, 1.165) is 31.4 Å². The van der Waals surface area contributed by atoms with Crippen molar-refractivity contribution in [3.63, 3.8) is 0 Å². The molecule has 0 saturated carbocycles. The summed E-state index contributed by atoms with van der Waals surface area (Å²) in [5.74, 6) is -0.741. The van der Waals surface area contributed by atoms with Crippen LogP contribution in [0.3, 0.4) is 0 Å². The Morgan fingerprint density at radius 3 is 2.94 bits per heavy atom. The average molecular weight is 267 g/mol. The van der Waals surface area contributed by atoms with E-state index >= 15 is 0 Å². The van der Waals surface area contributed by atoms with Crippen LogP contribution in [-0.2, 0) is 4.79 Å². The normalized spacial score (nSPS) is 19.8. The first kappa shape index (κ1) is 13.1. The van der Waals surface area contributed by atoms with Crippen molar-refractivity contribution in [2.75, 3.05) is 6.54 Å². The first-order valence-electron chi connectivity index (χ1n) is 6.23. The topological polar surface area (TPSA) is 57.6 Å². The fourth-order valence-corrected chi connectivity index (χ4v) is 3.04. The minimum atomic E-state index is -0.788. The van der Waals surface area contributed by atoms with Gasteiger partial charge >= 0.3 is 5.97 Å². The van der Waals surface area contributed by atoms with Crippen molar-refractivity contribution in [1.82, 2.24) is 4.90 Å². The van der Waals surface area contributed by atoms with Gasteiger partial charge in [-0.1, -0.05) is 0 Å². The third kappa shape index (κ3) is 3.10. The molecule has 1 amide bonds. The SMILES string of the molecule is O=C(O)CC[C@H]1CCCCN1C(=O)c1ccsc1. The fourth-order valence-electron chi connectivity index (χ4n) is 2.41. The highest BCUT2D eigenvalue weighted by atomic mass is 32.1. The third-order valence-corrected chi connectivity index (χ3v) is 4.03. The van der Waals surface area contributed by atoms with Crippen LogP contribution in [0.4, 0.5) is 0 Å². The molecule has 98 valence electrons. The third-order valence-electron chi connectivity index (χ3n) is 3.35. The molecule has 1 atom stereocenters. The highest BCUT2D eigenvalue weighted by Crippen LogP contribution is 2.23. The number of carboxylic acids is 1. The number of hydrogen-bond acceptors (Lipinski definition) is 3. The molecule has 4 nitrogen and oxygen atoms in total. The molecule has 0 radical (unpaired) electrons. The number of carbonyl (C=O) groups is 2. The molecule has 1 aromatic rings. The van der Waals surface area contributed by atoms with E-state index in [9.17, 15) is 9.59 Å². The summed E-state index contributed by atoms with van der Waals surface area (Å²) in [4.78, 5) is 24.8. The van der Waals surface area contributed by atoms with Gasteiger partial charge in [0.1, 0.15) is 0 Å². The van der Waals surface area contributed by atoms with Gasteiger partial charge in [-0.15, -0.1) is 0 Å².